The lowest BCUT2D eigenvalue weighted by Gasteiger charge is -2.36. The van der Waals surface area contributed by atoms with Crippen LogP contribution in [0, 0.1) is 5.92 Å². The Morgan fingerprint density at radius 3 is 2.50 bits per heavy atom. The van der Waals surface area contributed by atoms with E-state index in [1.165, 1.54) is 0 Å². The highest BCUT2D eigenvalue weighted by Crippen LogP contribution is 2.46. The van der Waals surface area contributed by atoms with Crippen LogP contribution in [-0.2, 0) is 14.3 Å². The summed E-state index contributed by atoms with van der Waals surface area (Å²) in [5.74, 6) is -0.498. The molecule has 0 fully saturated rings. The van der Waals surface area contributed by atoms with E-state index in [1.807, 2.05) is 57.2 Å². The van der Waals surface area contributed by atoms with E-state index >= 15 is 0 Å². The zero-order valence-corrected chi connectivity index (χ0v) is 19.4. The van der Waals surface area contributed by atoms with Crippen molar-refractivity contribution in [3.63, 3.8) is 0 Å². The number of nitrogens with one attached hydrogen (secondary N) is 1. The molecule has 5 heteroatoms. The first-order valence-electron chi connectivity index (χ1n) is 11.1. The van der Waals surface area contributed by atoms with Gasteiger partial charge in [-0.05, 0) is 48.4 Å². The van der Waals surface area contributed by atoms with Crippen LogP contribution in [0.2, 0.25) is 5.02 Å². The molecular weight excluding hydrogens is 422 g/mol. The number of hydrogen-bond donors (Lipinski definition) is 1. The standard InChI is InChI=1S/C27H28ClNO3/c1-16(2)15-32-27(31)24-17(3)29-22-13-20(18-8-5-4-6-9-18)14-23(30)26(22)25(24)19-10-7-11-21(28)12-19/h4-12,16,20,25,29H,13-15H2,1-3H3. The normalized spacial score (nSPS) is 20.8. The van der Waals surface area contributed by atoms with E-state index in [1.54, 1.807) is 6.07 Å². The molecule has 0 saturated heterocycles. The Morgan fingerprint density at radius 1 is 1.09 bits per heavy atom. The van der Waals surface area contributed by atoms with E-state index in [2.05, 4.69) is 17.4 Å². The molecule has 1 aliphatic heterocycles. The smallest absolute Gasteiger partial charge is 0.336 e. The molecule has 0 bridgehead atoms. The van der Waals surface area contributed by atoms with Crippen LogP contribution >= 0.6 is 11.6 Å². The molecule has 2 atom stereocenters. The summed E-state index contributed by atoms with van der Waals surface area (Å²) in [5, 5.41) is 3.96. The SMILES string of the molecule is CC1=C(C(=O)OCC(C)C)C(c2cccc(Cl)c2)C2=C(CC(c3ccccc3)CC2=O)N1. The van der Waals surface area contributed by atoms with Crippen molar-refractivity contribution in [2.45, 2.75) is 45.4 Å². The summed E-state index contributed by atoms with van der Waals surface area (Å²) in [4.78, 5) is 26.7. The Kier molecular flexibility index (Phi) is 6.52. The van der Waals surface area contributed by atoms with Crippen molar-refractivity contribution >= 4 is 23.4 Å². The van der Waals surface area contributed by atoms with Gasteiger partial charge in [0.1, 0.15) is 0 Å². The van der Waals surface area contributed by atoms with Crippen molar-refractivity contribution < 1.29 is 14.3 Å². The Bertz CT molecular complexity index is 1100. The van der Waals surface area contributed by atoms with Crippen LogP contribution in [0.4, 0.5) is 0 Å². The molecule has 2 aliphatic rings. The summed E-state index contributed by atoms with van der Waals surface area (Å²) < 4.78 is 5.60. The maximum atomic E-state index is 13.5. The number of esters is 1. The van der Waals surface area contributed by atoms with E-state index in [-0.39, 0.29) is 17.6 Å². The lowest BCUT2D eigenvalue weighted by atomic mass is 9.72. The molecule has 166 valence electrons. The van der Waals surface area contributed by atoms with Crippen LogP contribution in [0.25, 0.3) is 0 Å². The highest BCUT2D eigenvalue weighted by Gasteiger charge is 2.41. The molecule has 32 heavy (non-hydrogen) atoms. The molecule has 2 unspecified atom stereocenters. The van der Waals surface area contributed by atoms with Crippen LogP contribution < -0.4 is 5.32 Å². The van der Waals surface area contributed by atoms with Gasteiger partial charge in [-0.15, -0.1) is 0 Å². The second kappa shape index (κ2) is 9.33. The van der Waals surface area contributed by atoms with E-state index in [9.17, 15) is 9.59 Å². The molecule has 4 nitrogen and oxygen atoms in total. The van der Waals surface area contributed by atoms with Gasteiger partial charge in [-0.25, -0.2) is 4.79 Å². The van der Waals surface area contributed by atoms with Gasteiger partial charge < -0.3 is 10.1 Å². The zero-order chi connectivity index (χ0) is 22.8. The summed E-state index contributed by atoms with van der Waals surface area (Å²) in [6.07, 6.45) is 1.13. The predicted octanol–water partition coefficient (Wildman–Crippen LogP) is 5.90. The molecule has 1 N–H and O–H groups in total. The molecular formula is C27H28ClNO3. The topological polar surface area (TPSA) is 55.4 Å². The molecule has 4 rings (SSSR count). The highest BCUT2D eigenvalue weighted by atomic mass is 35.5. The minimum atomic E-state index is -0.492. The number of dihydropyridines is 1. The Labute approximate surface area is 194 Å². The van der Waals surface area contributed by atoms with Crippen molar-refractivity contribution in [2.75, 3.05) is 6.61 Å². The fraction of sp³-hybridized carbons (Fsp3) is 0.333. The van der Waals surface area contributed by atoms with Crippen LogP contribution in [0.1, 0.15) is 56.6 Å². The van der Waals surface area contributed by atoms with Gasteiger partial charge in [0.05, 0.1) is 12.2 Å². The largest absolute Gasteiger partial charge is 0.462 e. The minimum Gasteiger partial charge on any atom is -0.462 e. The first-order valence-corrected chi connectivity index (χ1v) is 11.4. The van der Waals surface area contributed by atoms with Crippen molar-refractivity contribution in [1.29, 1.82) is 0 Å². The minimum absolute atomic E-state index is 0.0549. The molecule has 0 spiro atoms. The summed E-state index contributed by atoms with van der Waals surface area (Å²) >= 11 is 6.30. The molecule has 1 aliphatic carbocycles. The van der Waals surface area contributed by atoms with Gasteiger partial charge in [0.15, 0.2) is 5.78 Å². The van der Waals surface area contributed by atoms with E-state index in [0.29, 0.717) is 35.6 Å². The maximum Gasteiger partial charge on any atom is 0.336 e. The van der Waals surface area contributed by atoms with Gasteiger partial charge in [-0.1, -0.05) is 67.9 Å². The highest BCUT2D eigenvalue weighted by molar-refractivity contribution is 6.30. The molecule has 1 heterocycles. The zero-order valence-electron chi connectivity index (χ0n) is 18.7. The van der Waals surface area contributed by atoms with Crippen molar-refractivity contribution in [1.82, 2.24) is 5.32 Å². The monoisotopic (exact) mass is 449 g/mol. The maximum absolute atomic E-state index is 13.5. The first kappa shape index (κ1) is 22.3. The van der Waals surface area contributed by atoms with Crippen molar-refractivity contribution in [2.24, 2.45) is 5.92 Å². The van der Waals surface area contributed by atoms with Gasteiger partial charge in [0, 0.05) is 34.3 Å². The van der Waals surface area contributed by atoms with Crippen LogP contribution in [0.3, 0.4) is 0 Å². The number of halogens is 1. The van der Waals surface area contributed by atoms with Gasteiger partial charge in [0.25, 0.3) is 0 Å². The molecule has 0 radical (unpaired) electrons. The number of ketones is 1. The van der Waals surface area contributed by atoms with E-state index in [4.69, 9.17) is 16.3 Å². The number of carbonyl (C=O) groups is 2. The van der Waals surface area contributed by atoms with Gasteiger partial charge in [-0.3, -0.25) is 4.79 Å². The van der Waals surface area contributed by atoms with E-state index < -0.39 is 11.9 Å². The number of carbonyl (C=O) groups excluding carboxylic acids is 2. The summed E-state index contributed by atoms with van der Waals surface area (Å²) in [7, 11) is 0. The average molecular weight is 450 g/mol. The number of ether oxygens (including phenoxy) is 1. The third-order valence-corrected chi connectivity index (χ3v) is 6.28. The Balaban J connectivity index is 1.77. The summed E-state index contributed by atoms with van der Waals surface area (Å²) in [6.45, 7) is 6.20. The quantitative estimate of drug-likeness (QED) is 0.577. The van der Waals surface area contributed by atoms with Crippen LogP contribution in [0.5, 0.6) is 0 Å². The van der Waals surface area contributed by atoms with Crippen molar-refractivity contribution in [3.05, 3.63) is 93.3 Å². The molecule has 0 saturated carbocycles. The lowest BCUT2D eigenvalue weighted by molar-refractivity contribution is -0.140. The van der Waals surface area contributed by atoms with Crippen molar-refractivity contribution in [3.8, 4) is 0 Å². The van der Waals surface area contributed by atoms with Crippen LogP contribution in [-0.4, -0.2) is 18.4 Å². The molecule has 2 aromatic rings. The third-order valence-electron chi connectivity index (χ3n) is 6.05. The fourth-order valence-corrected chi connectivity index (χ4v) is 4.81. The summed E-state index contributed by atoms with van der Waals surface area (Å²) in [5.41, 5.74) is 4.73. The number of benzene rings is 2. The number of rotatable bonds is 5. The Morgan fingerprint density at radius 2 is 1.81 bits per heavy atom. The second-order valence-electron chi connectivity index (χ2n) is 8.98. The number of Topliss-reactive ketones (excluding diaryl/α,β-unsaturated/α-hetero) is 1. The third kappa shape index (κ3) is 4.51. The molecule has 0 amide bonds. The lowest BCUT2D eigenvalue weighted by Crippen LogP contribution is -2.36. The molecule has 0 aromatic heterocycles. The average Bonchev–Trinajstić information content (AvgIpc) is 2.77. The Hall–Kier alpha value is -2.85. The first-order chi connectivity index (χ1) is 15.3. The van der Waals surface area contributed by atoms with Gasteiger partial charge in [0.2, 0.25) is 0 Å². The number of allylic oxidation sites excluding steroid dienone is 3. The van der Waals surface area contributed by atoms with Gasteiger partial charge in [-0.2, -0.15) is 0 Å². The van der Waals surface area contributed by atoms with Gasteiger partial charge >= 0.3 is 5.97 Å². The fourth-order valence-electron chi connectivity index (χ4n) is 4.61. The van der Waals surface area contributed by atoms with Crippen LogP contribution in [0.15, 0.2) is 77.1 Å². The predicted molar refractivity (Wildman–Crippen MR) is 126 cm³/mol. The molecule has 2 aromatic carbocycles. The second-order valence-corrected chi connectivity index (χ2v) is 9.41. The number of hydrogen-bond acceptors (Lipinski definition) is 4. The van der Waals surface area contributed by atoms with E-state index in [0.717, 1.165) is 22.5 Å². The summed E-state index contributed by atoms with van der Waals surface area (Å²) in [6, 6.07) is 17.5.